The van der Waals surface area contributed by atoms with Crippen molar-refractivity contribution in [2.75, 3.05) is 7.05 Å². The van der Waals surface area contributed by atoms with Crippen LogP contribution < -0.4 is 4.74 Å². The quantitative estimate of drug-likeness (QED) is 0.925. The number of likely N-dealkylation sites (tertiary alicyclic amines) is 1. The van der Waals surface area contributed by atoms with Crippen molar-refractivity contribution >= 4 is 11.9 Å². The van der Waals surface area contributed by atoms with Crippen LogP contribution in [0, 0.1) is 5.92 Å². The van der Waals surface area contributed by atoms with Gasteiger partial charge in [-0.05, 0) is 38.0 Å². The standard InChI is InChI=1S/C16H21NO4/c1-10(2)21-12-6-4-5-11(9-12)15-13(16(19)20)7-8-14(18)17(15)3/h4-6,9-10,13,15H,7-8H2,1-3H3,(H,19,20). The molecule has 0 aliphatic carbocycles. The van der Waals surface area contributed by atoms with Crippen LogP contribution in [0.2, 0.25) is 0 Å². The fraction of sp³-hybridized carbons (Fsp3) is 0.500. The molecule has 2 rings (SSSR count). The minimum absolute atomic E-state index is 0.0207. The van der Waals surface area contributed by atoms with Crippen molar-refractivity contribution in [2.45, 2.75) is 38.8 Å². The van der Waals surface area contributed by atoms with Gasteiger partial charge in [-0.25, -0.2) is 0 Å². The van der Waals surface area contributed by atoms with E-state index in [1.54, 1.807) is 7.05 Å². The Bertz CT molecular complexity index is 541. The number of carboxylic acids is 1. The number of carbonyl (C=O) groups is 2. The first-order valence-corrected chi connectivity index (χ1v) is 7.15. The summed E-state index contributed by atoms with van der Waals surface area (Å²) in [5.74, 6) is -0.776. The van der Waals surface area contributed by atoms with Crippen LogP contribution in [0.3, 0.4) is 0 Å². The number of hydrogen-bond donors (Lipinski definition) is 1. The molecule has 114 valence electrons. The van der Waals surface area contributed by atoms with Gasteiger partial charge in [0.25, 0.3) is 0 Å². The van der Waals surface area contributed by atoms with E-state index in [1.165, 1.54) is 4.90 Å². The summed E-state index contributed by atoms with van der Waals surface area (Å²) in [6.45, 7) is 3.87. The van der Waals surface area contributed by atoms with E-state index in [1.807, 2.05) is 38.1 Å². The summed E-state index contributed by atoms with van der Waals surface area (Å²) >= 11 is 0. The van der Waals surface area contributed by atoms with Crippen LogP contribution in [0.4, 0.5) is 0 Å². The number of aliphatic carboxylic acids is 1. The van der Waals surface area contributed by atoms with Crippen molar-refractivity contribution in [2.24, 2.45) is 5.92 Å². The highest BCUT2D eigenvalue weighted by Gasteiger charge is 2.38. The summed E-state index contributed by atoms with van der Waals surface area (Å²) in [4.78, 5) is 24.9. The highest BCUT2D eigenvalue weighted by molar-refractivity contribution is 5.81. The Labute approximate surface area is 124 Å². The number of rotatable bonds is 4. The largest absolute Gasteiger partial charge is 0.491 e. The lowest BCUT2D eigenvalue weighted by Crippen LogP contribution is -2.43. The van der Waals surface area contributed by atoms with E-state index in [2.05, 4.69) is 0 Å². The third kappa shape index (κ3) is 3.35. The lowest BCUT2D eigenvalue weighted by Gasteiger charge is -2.37. The van der Waals surface area contributed by atoms with E-state index in [4.69, 9.17) is 4.74 Å². The number of benzene rings is 1. The van der Waals surface area contributed by atoms with E-state index < -0.39 is 17.9 Å². The van der Waals surface area contributed by atoms with Gasteiger partial charge in [-0.2, -0.15) is 0 Å². The fourth-order valence-electron chi connectivity index (χ4n) is 2.80. The van der Waals surface area contributed by atoms with Gasteiger partial charge in [0.05, 0.1) is 18.1 Å². The second kappa shape index (κ2) is 6.16. The number of nitrogens with zero attached hydrogens (tertiary/aromatic N) is 1. The maximum absolute atomic E-state index is 11.9. The Morgan fingerprint density at radius 3 is 2.76 bits per heavy atom. The normalized spacial score (nSPS) is 22.5. The molecule has 5 heteroatoms. The highest BCUT2D eigenvalue weighted by Crippen LogP contribution is 2.37. The van der Waals surface area contributed by atoms with Crippen molar-refractivity contribution in [3.05, 3.63) is 29.8 Å². The average Bonchev–Trinajstić information content (AvgIpc) is 2.40. The Morgan fingerprint density at radius 1 is 1.43 bits per heavy atom. The van der Waals surface area contributed by atoms with Crippen LogP contribution in [0.5, 0.6) is 5.75 Å². The molecule has 1 saturated heterocycles. The van der Waals surface area contributed by atoms with Crippen molar-refractivity contribution in [1.29, 1.82) is 0 Å². The number of carbonyl (C=O) groups excluding carboxylic acids is 1. The Morgan fingerprint density at radius 2 is 2.14 bits per heavy atom. The second-order valence-electron chi connectivity index (χ2n) is 5.67. The van der Waals surface area contributed by atoms with Gasteiger partial charge in [0.1, 0.15) is 5.75 Å². The zero-order valence-electron chi connectivity index (χ0n) is 12.6. The number of hydrogen-bond acceptors (Lipinski definition) is 3. The molecule has 5 nitrogen and oxygen atoms in total. The molecule has 1 aromatic carbocycles. The average molecular weight is 291 g/mol. The molecule has 0 saturated carbocycles. The van der Waals surface area contributed by atoms with Crippen LogP contribution in [0.25, 0.3) is 0 Å². The van der Waals surface area contributed by atoms with Crippen LogP contribution in [0.15, 0.2) is 24.3 Å². The number of amides is 1. The second-order valence-corrected chi connectivity index (χ2v) is 5.67. The first-order valence-electron chi connectivity index (χ1n) is 7.15. The van der Waals surface area contributed by atoms with Gasteiger partial charge >= 0.3 is 5.97 Å². The van der Waals surface area contributed by atoms with Crippen molar-refractivity contribution in [3.63, 3.8) is 0 Å². The molecule has 0 spiro atoms. The predicted molar refractivity (Wildman–Crippen MR) is 78.1 cm³/mol. The SMILES string of the molecule is CC(C)Oc1cccc(C2C(C(=O)O)CCC(=O)N2C)c1. The molecule has 1 aliphatic heterocycles. The van der Waals surface area contributed by atoms with Gasteiger partial charge in [0.2, 0.25) is 5.91 Å². The van der Waals surface area contributed by atoms with Crippen LogP contribution in [0.1, 0.15) is 38.3 Å². The molecule has 2 atom stereocenters. The van der Waals surface area contributed by atoms with Crippen LogP contribution in [-0.4, -0.2) is 35.0 Å². The first-order chi connectivity index (χ1) is 9.90. The molecular weight excluding hydrogens is 270 g/mol. The summed E-state index contributed by atoms with van der Waals surface area (Å²) in [5, 5.41) is 9.42. The van der Waals surface area contributed by atoms with Crippen molar-refractivity contribution in [1.82, 2.24) is 4.90 Å². The monoisotopic (exact) mass is 291 g/mol. The summed E-state index contributed by atoms with van der Waals surface area (Å²) in [6, 6.07) is 6.90. The Hall–Kier alpha value is -2.04. The first kappa shape index (κ1) is 15.4. The molecule has 0 bridgehead atoms. The minimum Gasteiger partial charge on any atom is -0.491 e. The maximum Gasteiger partial charge on any atom is 0.308 e. The smallest absolute Gasteiger partial charge is 0.308 e. The molecule has 21 heavy (non-hydrogen) atoms. The van der Waals surface area contributed by atoms with E-state index in [-0.39, 0.29) is 18.4 Å². The van der Waals surface area contributed by atoms with E-state index in [0.29, 0.717) is 12.2 Å². The van der Waals surface area contributed by atoms with Gasteiger partial charge in [0.15, 0.2) is 0 Å². The van der Waals surface area contributed by atoms with Crippen LogP contribution >= 0.6 is 0 Å². The molecule has 1 aliphatic rings. The van der Waals surface area contributed by atoms with Crippen LogP contribution in [-0.2, 0) is 9.59 Å². The Kier molecular flexibility index (Phi) is 4.50. The van der Waals surface area contributed by atoms with Gasteiger partial charge in [0, 0.05) is 13.5 Å². The third-order valence-electron chi connectivity index (χ3n) is 3.75. The molecule has 0 radical (unpaired) electrons. The lowest BCUT2D eigenvalue weighted by atomic mass is 9.84. The maximum atomic E-state index is 11.9. The predicted octanol–water partition coefficient (Wildman–Crippen LogP) is 2.47. The molecule has 1 fully saturated rings. The topological polar surface area (TPSA) is 66.8 Å². The summed E-state index contributed by atoms with van der Waals surface area (Å²) in [7, 11) is 1.66. The number of ether oxygens (including phenoxy) is 1. The summed E-state index contributed by atoms with van der Waals surface area (Å²) in [5.41, 5.74) is 0.802. The van der Waals surface area contributed by atoms with E-state index >= 15 is 0 Å². The van der Waals surface area contributed by atoms with Gasteiger partial charge < -0.3 is 14.7 Å². The molecule has 1 N–H and O–H groups in total. The fourth-order valence-corrected chi connectivity index (χ4v) is 2.80. The summed E-state index contributed by atoms with van der Waals surface area (Å²) < 4.78 is 5.65. The lowest BCUT2D eigenvalue weighted by molar-refractivity contribution is -0.150. The zero-order chi connectivity index (χ0) is 15.6. The molecule has 0 aromatic heterocycles. The Balaban J connectivity index is 2.35. The van der Waals surface area contributed by atoms with E-state index in [9.17, 15) is 14.7 Å². The zero-order valence-corrected chi connectivity index (χ0v) is 12.6. The van der Waals surface area contributed by atoms with Gasteiger partial charge in [-0.3, -0.25) is 9.59 Å². The molecule has 1 aromatic rings. The van der Waals surface area contributed by atoms with E-state index in [0.717, 1.165) is 5.56 Å². The van der Waals surface area contributed by atoms with Gasteiger partial charge in [-0.15, -0.1) is 0 Å². The third-order valence-corrected chi connectivity index (χ3v) is 3.75. The van der Waals surface area contributed by atoms with Crippen molar-refractivity contribution < 1.29 is 19.4 Å². The highest BCUT2D eigenvalue weighted by atomic mass is 16.5. The summed E-state index contributed by atoms with van der Waals surface area (Å²) in [6.07, 6.45) is 0.700. The number of carboxylic acid groups (broad SMARTS) is 1. The van der Waals surface area contributed by atoms with Crippen molar-refractivity contribution in [3.8, 4) is 5.75 Å². The molecular formula is C16H21NO4. The molecule has 1 heterocycles. The minimum atomic E-state index is -0.866. The molecule has 1 amide bonds. The molecule has 2 unspecified atom stereocenters. The number of piperidine rings is 1. The van der Waals surface area contributed by atoms with Gasteiger partial charge in [-0.1, -0.05) is 12.1 Å².